The Balaban J connectivity index is 1.70. The quantitative estimate of drug-likeness (QED) is 0.792. The molecule has 1 aliphatic rings. The number of hydrogen-bond donors (Lipinski definition) is 0. The van der Waals surface area contributed by atoms with Crippen molar-refractivity contribution in [1.29, 1.82) is 0 Å². The van der Waals surface area contributed by atoms with Gasteiger partial charge in [-0.25, -0.2) is 0 Å². The van der Waals surface area contributed by atoms with Crippen molar-refractivity contribution in [1.82, 2.24) is 9.78 Å². The summed E-state index contributed by atoms with van der Waals surface area (Å²) in [6, 6.07) is 4.31. The molecule has 0 saturated heterocycles. The zero-order valence-electron chi connectivity index (χ0n) is 11.5. The molecule has 5 heteroatoms. The molecular formula is C15H18N2O2S. The average molecular weight is 290 g/mol. The fourth-order valence-corrected chi connectivity index (χ4v) is 3.55. The summed E-state index contributed by atoms with van der Waals surface area (Å²) in [5, 5.41) is 6.44. The molecule has 1 fully saturated rings. The zero-order chi connectivity index (χ0) is 13.9. The van der Waals surface area contributed by atoms with Crippen molar-refractivity contribution in [3.8, 4) is 5.75 Å². The van der Waals surface area contributed by atoms with Crippen LogP contribution in [0.3, 0.4) is 0 Å². The predicted octanol–water partition coefficient (Wildman–Crippen LogP) is 3.49. The molecule has 20 heavy (non-hydrogen) atoms. The van der Waals surface area contributed by atoms with Gasteiger partial charge in [-0.3, -0.25) is 9.48 Å². The Labute approximate surface area is 122 Å². The van der Waals surface area contributed by atoms with Crippen LogP contribution < -0.4 is 4.74 Å². The van der Waals surface area contributed by atoms with Crippen LogP contribution in [0.25, 0.3) is 0 Å². The lowest BCUT2D eigenvalue weighted by Gasteiger charge is -2.08. The highest BCUT2D eigenvalue weighted by Gasteiger charge is 2.19. The van der Waals surface area contributed by atoms with Crippen LogP contribution in [0.1, 0.15) is 47.1 Å². The normalized spacial score (nSPS) is 15.7. The molecule has 1 aliphatic carbocycles. The fourth-order valence-electron chi connectivity index (χ4n) is 2.75. The smallest absolute Gasteiger partial charge is 0.182 e. The number of methoxy groups -OCH3 is 1. The zero-order valence-corrected chi connectivity index (χ0v) is 12.4. The Hall–Kier alpha value is -1.62. The first-order chi connectivity index (χ1) is 9.78. The van der Waals surface area contributed by atoms with Gasteiger partial charge in [0.25, 0.3) is 0 Å². The van der Waals surface area contributed by atoms with Crippen molar-refractivity contribution in [2.75, 3.05) is 7.11 Å². The SMILES string of the molecule is COc1ccsc1C(=O)Cc1ccn(C2CCCC2)n1. The van der Waals surface area contributed by atoms with Gasteiger partial charge in [-0.05, 0) is 30.4 Å². The Morgan fingerprint density at radius 1 is 1.45 bits per heavy atom. The Morgan fingerprint density at radius 3 is 3.00 bits per heavy atom. The molecule has 2 heterocycles. The number of thiophene rings is 1. The fraction of sp³-hybridized carbons (Fsp3) is 0.467. The number of Topliss-reactive ketones (excluding diaryl/α,β-unsaturated/α-hetero) is 1. The molecule has 0 unspecified atom stereocenters. The van der Waals surface area contributed by atoms with Crippen LogP contribution in [0.5, 0.6) is 5.75 Å². The van der Waals surface area contributed by atoms with E-state index in [9.17, 15) is 4.79 Å². The van der Waals surface area contributed by atoms with Gasteiger partial charge in [0.15, 0.2) is 5.78 Å². The lowest BCUT2D eigenvalue weighted by Crippen LogP contribution is -2.08. The van der Waals surface area contributed by atoms with Gasteiger partial charge in [-0.2, -0.15) is 5.10 Å². The second-order valence-electron chi connectivity index (χ2n) is 5.14. The van der Waals surface area contributed by atoms with Crippen LogP contribution in [0.15, 0.2) is 23.7 Å². The molecule has 4 nitrogen and oxygen atoms in total. The maximum absolute atomic E-state index is 12.3. The third-order valence-electron chi connectivity index (χ3n) is 3.81. The molecule has 2 aromatic heterocycles. The lowest BCUT2D eigenvalue weighted by atomic mass is 10.2. The Kier molecular flexibility index (Phi) is 3.87. The van der Waals surface area contributed by atoms with Crippen LogP contribution >= 0.6 is 11.3 Å². The molecule has 0 N–H and O–H groups in total. The van der Waals surface area contributed by atoms with Gasteiger partial charge in [0.1, 0.15) is 10.6 Å². The maximum atomic E-state index is 12.3. The molecule has 3 rings (SSSR count). The first-order valence-electron chi connectivity index (χ1n) is 6.96. The van der Waals surface area contributed by atoms with Crippen LogP contribution in [-0.4, -0.2) is 22.7 Å². The summed E-state index contributed by atoms with van der Waals surface area (Å²) in [5.74, 6) is 0.740. The third kappa shape index (κ3) is 2.63. The first kappa shape index (κ1) is 13.4. The third-order valence-corrected chi connectivity index (χ3v) is 4.74. The van der Waals surface area contributed by atoms with Gasteiger partial charge >= 0.3 is 0 Å². The van der Waals surface area contributed by atoms with Crippen molar-refractivity contribution in [3.05, 3.63) is 34.3 Å². The van der Waals surface area contributed by atoms with E-state index in [1.807, 2.05) is 28.4 Å². The van der Waals surface area contributed by atoms with Gasteiger partial charge in [-0.1, -0.05) is 12.8 Å². The summed E-state index contributed by atoms with van der Waals surface area (Å²) in [6.07, 6.45) is 7.32. The van der Waals surface area contributed by atoms with Gasteiger partial charge < -0.3 is 4.74 Å². The van der Waals surface area contributed by atoms with E-state index in [2.05, 4.69) is 5.10 Å². The summed E-state index contributed by atoms with van der Waals surface area (Å²) in [6.45, 7) is 0. The average Bonchev–Trinajstić information content (AvgIpc) is 3.19. The first-order valence-corrected chi connectivity index (χ1v) is 7.84. The second kappa shape index (κ2) is 5.79. The van der Waals surface area contributed by atoms with Gasteiger partial charge in [-0.15, -0.1) is 11.3 Å². The Morgan fingerprint density at radius 2 is 2.25 bits per heavy atom. The lowest BCUT2D eigenvalue weighted by molar-refractivity contribution is 0.0993. The summed E-state index contributed by atoms with van der Waals surface area (Å²) < 4.78 is 7.22. The van der Waals surface area contributed by atoms with Crippen molar-refractivity contribution < 1.29 is 9.53 Å². The number of aromatic nitrogens is 2. The van der Waals surface area contributed by atoms with E-state index in [1.165, 1.54) is 37.0 Å². The van der Waals surface area contributed by atoms with Gasteiger partial charge in [0, 0.05) is 6.20 Å². The van der Waals surface area contributed by atoms with E-state index in [0.29, 0.717) is 23.1 Å². The molecular weight excluding hydrogens is 272 g/mol. The van der Waals surface area contributed by atoms with Crippen molar-refractivity contribution in [2.24, 2.45) is 0 Å². The van der Waals surface area contributed by atoms with Crippen LogP contribution in [-0.2, 0) is 6.42 Å². The Bertz CT molecular complexity index is 597. The van der Waals surface area contributed by atoms with E-state index in [1.54, 1.807) is 7.11 Å². The highest BCUT2D eigenvalue weighted by atomic mass is 32.1. The molecule has 0 aliphatic heterocycles. The number of hydrogen-bond acceptors (Lipinski definition) is 4. The largest absolute Gasteiger partial charge is 0.495 e. The van der Waals surface area contributed by atoms with Gasteiger partial charge in [0.2, 0.25) is 0 Å². The monoisotopic (exact) mass is 290 g/mol. The number of nitrogens with zero attached hydrogens (tertiary/aromatic N) is 2. The molecule has 106 valence electrons. The molecule has 2 aromatic rings. The predicted molar refractivity (Wildman–Crippen MR) is 78.6 cm³/mol. The standard InChI is InChI=1S/C15H18N2O2S/c1-19-14-7-9-20-15(14)13(18)10-11-6-8-17(16-11)12-4-2-3-5-12/h6-9,12H,2-5,10H2,1H3. The van der Waals surface area contributed by atoms with Crippen molar-refractivity contribution >= 4 is 17.1 Å². The number of carbonyl (C=O) groups excluding carboxylic acids is 1. The molecule has 0 aromatic carbocycles. The van der Waals surface area contributed by atoms with Crippen LogP contribution in [0.2, 0.25) is 0 Å². The number of carbonyl (C=O) groups is 1. The molecule has 0 spiro atoms. The van der Waals surface area contributed by atoms with Gasteiger partial charge in [0.05, 0.1) is 25.3 Å². The van der Waals surface area contributed by atoms with E-state index >= 15 is 0 Å². The van der Waals surface area contributed by atoms with E-state index in [0.717, 1.165) is 5.69 Å². The molecule has 0 bridgehead atoms. The number of ether oxygens (including phenoxy) is 1. The topological polar surface area (TPSA) is 44.1 Å². The molecule has 0 amide bonds. The maximum Gasteiger partial charge on any atom is 0.182 e. The summed E-state index contributed by atoms with van der Waals surface area (Å²) in [4.78, 5) is 12.9. The van der Waals surface area contributed by atoms with E-state index in [4.69, 9.17) is 4.74 Å². The minimum atomic E-state index is 0.0773. The van der Waals surface area contributed by atoms with E-state index in [-0.39, 0.29) is 5.78 Å². The molecule has 0 atom stereocenters. The van der Waals surface area contributed by atoms with Crippen LogP contribution in [0.4, 0.5) is 0 Å². The number of ketones is 1. The minimum absolute atomic E-state index is 0.0773. The molecule has 0 radical (unpaired) electrons. The van der Waals surface area contributed by atoms with Crippen molar-refractivity contribution in [3.63, 3.8) is 0 Å². The highest BCUT2D eigenvalue weighted by molar-refractivity contribution is 7.12. The minimum Gasteiger partial charge on any atom is -0.495 e. The van der Waals surface area contributed by atoms with Crippen molar-refractivity contribution in [2.45, 2.75) is 38.1 Å². The number of rotatable bonds is 5. The van der Waals surface area contributed by atoms with Crippen LogP contribution in [0, 0.1) is 0 Å². The highest BCUT2D eigenvalue weighted by Crippen LogP contribution is 2.29. The van der Waals surface area contributed by atoms with E-state index < -0.39 is 0 Å². The molecule has 1 saturated carbocycles. The summed E-state index contributed by atoms with van der Waals surface area (Å²) >= 11 is 1.42. The summed E-state index contributed by atoms with van der Waals surface area (Å²) in [7, 11) is 1.59. The summed E-state index contributed by atoms with van der Waals surface area (Å²) in [5.41, 5.74) is 0.845. The second-order valence-corrected chi connectivity index (χ2v) is 6.06.